The molecule has 1 aliphatic heterocycles. The van der Waals surface area contributed by atoms with E-state index < -0.39 is 0 Å². The van der Waals surface area contributed by atoms with E-state index >= 15 is 0 Å². The lowest BCUT2D eigenvalue weighted by Gasteiger charge is -1.95. The molecular weight excluding hydrogens is 176 g/mol. The summed E-state index contributed by atoms with van der Waals surface area (Å²) in [4.78, 5) is 0. The maximum atomic E-state index is 5.37. The van der Waals surface area contributed by atoms with Crippen molar-refractivity contribution >= 4 is 6.08 Å². The van der Waals surface area contributed by atoms with E-state index in [1.54, 1.807) is 0 Å². The number of hydrogen-bond donors (Lipinski definition) is 0. The van der Waals surface area contributed by atoms with Crippen LogP contribution in [0.1, 0.15) is 5.56 Å². The van der Waals surface area contributed by atoms with Gasteiger partial charge in [0.2, 0.25) is 0 Å². The summed E-state index contributed by atoms with van der Waals surface area (Å²) in [5.41, 5.74) is 1.21. The molecule has 1 atom stereocenters. The average molecular weight is 190 g/mol. The van der Waals surface area contributed by atoms with Gasteiger partial charge < -0.3 is 9.47 Å². The Labute approximate surface area is 84.2 Å². The SMILES string of the molecule is C(=Cc1ccccc1)COCC1CO1. The van der Waals surface area contributed by atoms with E-state index in [2.05, 4.69) is 18.2 Å². The summed E-state index contributed by atoms with van der Waals surface area (Å²) in [6, 6.07) is 10.2. The van der Waals surface area contributed by atoms with Crippen LogP contribution >= 0.6 is 0 Å². The summed E-state index contributed by atoms with van der Waals surface area (Å²) in [5, 5.41) is 0. The molecule has 0 saturated carbocycles. The van der Waals surface area contributed by atoms with Crippen molar-refractivity contribution in [2.24, 2.45) is 0 Å². The lowest BCUT2D eigenvalue weighted by atomic mass is 10.2. The minimum atomic E-state index is 0.361. The second-order valence-electron chi connectivity index (χ2n) is 3.31. The van der Waals surface area contributed by atoms with Crippen molar-refractivity contribution in [1.29, 1.82) is 0 Å². The normalized spacial score (nSPS) is 20.1. The molecule has 74 valence electrons. The Bertz CT molecular complexity index is 288. The van der Waals surface area contributed by atoms with E-state index in [0.717, 1.165) is 13.2 Å². The molecule has 0 aromatic heterocycles. The van der Waals surface area contributed by atoms with Crippen molar-refractivity contribution in [3.05, 3.63) is 42.0 Å². The van der Waals surface area contributed by atoms with E-state index in [1.165, 1.54) is 5.56 Å². The van der Waals surface area contributed by atoms with Crippen LogP contribution in [-0.4, -0.2) is 25.9 Å². The van der Waals surface area contributed by atoms with Gasteiger partial charge in [0, 0.05) is 0 Å². The monoisotopic (exact) mass is 190 g/mol. The summed E-state index contributed by atoms with van der Waals surface area (Å²) in [6.45, 7) is 2.25. The van der Waals surface area contributed by atoms with Crippen molar-refractivity contribution < 1.29 is 9.47 Å². The Morgan fingerprint density at radius 2 is 2.14 bits per heavy atom. The first-order valence-corrected chi connectivity index (χ1v) is 4.86. The third kappa shape index (κ3) is 3.32. The van der Waals surface area contributed by atoms with E-state index in [-0.39, 0.29) is 0 Å². The highest BCUT2D eigenvalue weighted by atomic mass is 16.6. The van der Waals surface area contributed by atoms with Gasteiger partial charge in [0.25, 0.3) is 0 Å². The first kappa shape index (κ1) is 9.44. The van der Waals surface area contributed by atoms with Crippen LogP contribution in [0.25, 0.3) is 6.08 Å². The minimum absolute atomic E-state index is 0.361. The summed E-state index contributed by atoms with van der Waals surface area (Å²) >= 11 is 0. The molecule has 1 unspecified atom stereocenters. The molecule has 1 heterocycles. The van der Waals surface area contributed by atoms with Crippen molar-refractivity contribution in [1.82, 2.24) is 0 Å². The third-order valence-corrected chi connectivity index (χ3v) is 2.03. The maximum Gasteiger partial charge on any atom is 0.104 e. The first-order valence-electron chi connectivity index (χ1n) is 4.86. The second kappa shape index (κ2) is 4.94. The molecule has 0 aliphatic carbocycles. The van der Waals surface area contributed by atoms with Crippen LogP contribution in [-0.2, 0) is 9.47 Å². The van der Waals surface area contributed by atoms with E-state index in [9.17, 15) is 0 Å². The van der Waals surface area contributed by atoms with Crippen LogP contribution in [0.15, 0.2) is 36.4 Å². The number of hydrogen-bond acceptors (Lipinski definition) is 2. The number of benzene rings is 1. The van der Waals surface area contributed by atoms with Gasteiger partial charge >= 0.3 is 0 Å². The molecule has 2 nitrogen and oxygen atoms in total. The first-order chi connectivity index (χ1) is 6.95. The largest absolute Gasteiger partial charge is 0.375 e. The minimum Gasteiger partial charge on any atom is -0.375 e. The summed E-state index contributed by atoms with van der Waals surface area (Å²) in [7, 11) is 0. The summed E-state index contributed by atoms with van der Waals surface area (Å²) in [6.07, 6.45) is 4.45. The van der Waals surface area contributed by atoms with Gasteiger partial charge in [-0.15, -0.1) is 0 Å². The predicted octanol–water partition coefficient (Wildman–Crippen LogP) is 2.12. The maximum absolute atomic E-state index is 5.37. The lowest BCUT2D eigenvalue weighted by molar-refractivity contribution is 0.141. The Kier molecular flexibility index (Phi) is 3.33. The second-order valence-corrected chi connectivity index (χ2v) is 3.31. The molecule has 0 amide bonds. The molecule has 1 aromatic rings. The van der Waals surface area contributed by atoms with Crippen LogP contribution in [0.3, 0.4) is 0 Å². The quantitative estimate of drug-likeness (QED) is 0.524. The van der Waals surface area contributed by atoms with Crippen LogP contribution in [0.5, 0.6) is 0 Å². The zero-order chi connectivity index (χ0) is 9.64. The molecule has 1 aromatic carbocycles. The standard InChI is InChI=1S/C12H14O2/c1-2-5-11(6-3-1)7-4-8-13-9-12-10-14-12/h1-7,12H,8-10H2. The van der Waals surface area contributed by atoms with Gasteiger partial charge in [0.15, 0.2) is 0 Å². The Morgan fingerprint density at radius 1 is 1.36 bits per heavy atom. The van der Waals surface area contributed by atoms with Crippen molar-refractivity contribution in [2.75, 3.05) is 19.8 Å². The highest BCUT2D eigenvalue weighted by Gasteiger charge is 2.21. The van der Waals surface area contributed by atoms with Gasteiger partial charge in [0.05, 0.1) is 19.8 Å². The molecule has 1 aliphatic rings. The molecule has 0 radical (unpaired) electrons. The van der Waals surface area contributed by atoms with Gasteiger partial charge in [-0.3, -0.25) is 0 Å². The highest BCUT2D eigenvalue weighted by Crippen LogP contribution is 2.08. The van der Waals surface area contributed by atoms with Crippen LogP contribution in [0.2, 0.25) is 0 Å². The molecule has 14 heavy (non-hydrogen) atoms. The van der Waals surface area contributed by atoms with Gasteiger partial charge in [-0.25, -0.2) is 0 Å². The zero-order valence-electron chi connectivity index (χ0n) is 8.06. The molecule has 0 N–H and O–H groups in total. The molecular formula is C12H14O2. The van der Waals surface area contributed by atoms with Crippen molar-refractivity contribution in [3.8, 4) is 0 Å². The van der Waals surface area contributed by atoms with E-state index in [1.807, 2.05) is 24.3 Å². The molecule has 2 heteroatoms. The van der Waals surface area contributed by atoms with Crippen molar-refractivity contribution in [2.45, 2.75) is 6.10 Å². The van der Waals surface area contributed by atoms with Gasteiger partial charge in [-0.05, 0) is 5.56 Å². The molecule has 0 spiro atoms. The molecule has 0 bridgehead atoms. The van der Waals surface area contributed by atoms with Gasteiger partial charge in [0.1, 0.15) is 6.10 Å². The Balaban J connectivity index is 1.66. The Hall–Kier alpha value is -1.12. The fourth-order valence-electron chi connectivity index (χ4n) is 1.18. The van der Waals surface area contributed by atoms with Gasteiger partial charge in [-0.2, -0.15) is 0 Å². The molecule has 1 saturated heterocycles. The smallest absolute Gasteiger partial charge is 0.104 e. The fourth-order valence-corrected chi connectivity index (χ4v) is 1.18. The van der Waals surface area contributed by atoms with Crippen LogP contribution in [0, 0.1) is 0 Å². The topological polar surface area (TPSA) is 21.8 Å². The van der Waals surface area contributed by atoms with Crippen LogP contribution in [0.4, 0.5) is 0 Å². The number of epoxide rings is 1. The lowest BCUT2D eigenvalue weighted by Crippen LogP contribution is -2.00. The number of rotatable bonds is 5. The predicted molar refractivity (Wildman–Crippen MR) is 56.0 cm³/mol. The third-order valence-electron chi connectivity index (χ3n) is 2.03. The van der Waals surface area contributed by atoms with Crippen LogP contribution < -0.4 is 0 Å². The van der Waals surface area contributed by atoms with Gasteiger partial charge in [-0.1, -0.05) is 42.5 Å². The fraction of sp³-hybridized carbons (Fsp3) is 0.333. The van der Waals surface area contributed by atoms with E-state index in [4.69, 9.17) is 9.47 Å². The summed E-state index contributed by atoms with van der Waals surface area (Å²) < 4.78 is 10.4. The summed E-state index contributed by atoms with van der Waals surface area (Å²) in [5.74, 6) is 0. The van der Waals surface area contributed by atoms with E-state index in [0.29, 0.717) is 12.7 Å². The highest BCUT2D eigenvalue weighted by molar-refractivity contribution is 5.48. The van der Waals surface area contributed by atoms with Crippen molar-refractivity contribution in [3.63, 3.8) is 0 Å². The Morgan fingerprint density at radius 3 is 2.86 bits per heavy atom. The molecule has 2 rings (SSSR count). The average Bonchev–Trinajstić information content (AvgIpc) is 3.03. The zero-order valence-corrected chi connectivity index (χ0v) is 8.06. The number of ether oxygens (including phenoxy) is 2. The molecule has 1 fully saturated rings.